The van der Waals surface area contributed by atoms with Crippen LogP contribution in [0.2, 0.25) is 0 Å². The van der Waals surface area contributed by atoms with Gasteiger partial charge in [-0.15, -0.1) is 0 Å². The molecule has 0 atom stereocenters. The van der Waals surface area contributed by atoms with Crippen molar-refractivity contribution in [1.82, 2.24) is 14.8 Å². The van der Waals surface area contributed by atoms with E-state index in [-0.39, 0.29) is 18.9 Å². The number of hydrogen-bond acceptors (Lipinski definition) is 7. The van der Waals surface area contributed by atoms with Gasteiger partial charge in [0.05, 0.1) is 17.8 Å². The zero-order valence-corrected chi connectivity index (χ0v) is 16.8. The van der Waals surface area contributed by atoms with Crippen molar-refractivity contribution in [2.75, 3.05) is 17.8 Å². The highest BCUT2D eigenvalue weighted by molar-refractivity contribution is 7.72. The first-order chi connectivity index (χ1) is 14.0. The van der Waals surface area contributed by atoms with Gasteiger partial charge in [0.15, 0.2) is 16.3 Å². The van der Waals surface area contributed by atoms with E-state index in [2.05, 4.69) is 15.5 Å². The number of ether oxygens (including phenoxy) is 1. The largest absolute Gasteiger partial charge is 0.511 e. The van der Waals surface area contributed by atoms with Gasteiger partial charge in [-0.25, -0.2) is 0 Å². The summed E-state index contributed by atoms with van der Waals surface area (Å²) in [5, 5.41) is 26.9. The first-order valence-electron chi connectivity index (χ1n) is 8.51. The van der Waals surface area contributed by atoms with Crippen molar-refractivity contribution in [2.24, 2.45) is 0 Å². The molecule has 0 saturated heterocycles. The summed E-state index contributed by atoms with van der Waals surface area (Å²) in [7, 11) is 0. The highest BCUT2D eigenvalue weighted by atomic mass is 32.1. The molecular weight excluding hydrogens is 408 g/mol. The minimum Gasteiger partial charge on any atom is -0.511 e. The Bertz CT molecular complexity index is 1170. The fraction of sp³-hybridized carbons (Fsp3) is 0.105. The van der Waals surface area contributed by atoms with Crippen LogP contribution < -0.4 is 15.8 Å². The Hall–Kier alpha value is -3.55. The number of aromatic amines is 2. The molecule has 0 aliphatic rings. The third-order valence-electron chi connectivity index (χ3n) is 4.02. The van der Waals surface area contributed by atoms with Crippen LogP contribution >= 0.6 is 24.4 Å². The predicted molar refractivity (Wildman–Crippen MR) is 116 cm³/mol. The number of nitrogens with one attached hydrogen (secondary N) is 3. The average Bonchev–Trinajstić information content (AvgIpc) is 3.03. The number of aromatic nitrogens is 3. The average molecular weight is 427 g/mol. The lowest BCUT2D eigenvalue weighted by atomic mass is 10.1. The van der Waals surface area contributed by atoms with Crippen LogP contribution in [0.5, 0.6) is 5.75 Å². The molecule has 0 radical (unpaired) electrons. The van der Waals surface area contributed by atoms with Crippen LogP contribution in [0, 0.1) is 20.9 Å². The monoisotopic (exact) mass is 426 g/mol. The topological polar surface area (TPSA) is 128 Å². The van der Waals surface area contributed by atoms with Gasteiger partial charge in [-0.2, -0.15) is 5.26 Å². The Morgan fingerprint density at radius 2 is 2.00 bits per heavy atom. The molecule has 3 aromatic rings. The fourth-order valence-electron chi connectivity index (χ4n) is 2.65. The smallest absolute Gasteiger partial charge is 0.198 e. The third-order valence-corrected chi connectivity index (χ3v) is 4.59. The molecule has 2 aromatic carbocycles. The first-order valence-corrected chi connectivity index (χ1v) is 9.32. The van der Waals surface area contributed by atoms with Crippen molar-refractivity contribution in [3.8, 4) is 17.5 Å². The van der Waals surface area contributed by atoms with Crippen LogP contribution in [-0.4, -0.2) is 26.6 Å². The Balaban J connectivity index is 1.63. The highest BCUT2D eigenvalue weighted by Crippen LogP contribution is 2.22. The quantitative estimate of drug-likeness (QED) is 0.126. The Morgan fingerprint density at radius 3 is 2.69 bits per heavy atom. The number of benzene rings is 2. The second-order valence-electron chi connectivity index (χ2n) is 6.01. The number of H-pyrrole nitrogens is 2. The van der Waals surface area contributed by atoms with E-state index < -0.39 is 0 Å². The van der Waals surface area contributed by atoms with E-state index in [1.54, 1.807) is 28.8 Å². The normalized spacial score (nSPS) is 11.1. The number of nitrogen functional groups attached to an aromatic ring is 1. The molecule has 29 heavy (non-hydrogen) atoms. The lowest BCUT2D eigenvalue weighted by molar-refractivity contribution is 0.347. The van der Waals surface area contributed by atoms with Crippen molar-refractivity contribution in [1.29, 1.82) is 5.26 Å². The first kappa shape index (κ1) is 20.2. The summed E-state index contributed by atoms with van der Waals surface area (Å²) < 4.78 is 8.37. The minimum atomic E-state index is -0.0446. The van der Waals surface area contributed by atoms with Gasteiger partial charge in [0.2, 0.25) is 0 Å². The maximum Gasteiger partial charge on any atom is 0.198 e. The molecular formula is C19H18N6O2S2. The number of nitrogens with two attached hydrogens (primary N) is 1. The maximum absolute atomic E-state index is 9.61. The molecule has 1 heterocycles. The van der Waals surface area contributed by atoms with E-state index in [1.807, 2.05) is 24.3 Å². The molecule has 8 nitrogen and oxygen atoms in total. The van der Waals surface area contributed by atoms with E-state index in [0.717, 1.165) is 17.5 Å². The fourth-order valence-corrected chi connectivity index (χ4v) is 3.20. The van der Waals surface area contributed by atoms with Gasteiger partial charge in [0, 0.05) is 23.9 Å². The van der Waals surface area contributed by atoms with Crippen LogP contribution in [0.25, 0.3) is 5.69 Å². The van der Waals surface area contributed by atoms with Gasteiger partial charge < -0.3 is 20.9 Å². The molecule has 0 amide bonds. The highest BCUT2D eigenvalue weighted by Gasteiger charge is 2.05. The molecule has 0 fully saturated rings. The number of hydrogen-bond donors (Lipinski definition) is 5. The van der Waals surface area contributed by atoms with Gasteiger partial charge in [0.1, 0.15) is 11.5 Å². The van der Waals surface area contributed by atoms with Gasteiger partial charge in [-0.1, -0.05) is 12.1 Å². The zero-order valence-electron chi connectivity index (χ0n) is 15.2. The van der Waals surface area contributed by atoms with Gasteiger partial charge in [-0.3, -0.25) is 14.8 Å². The molecule has 0 aliphatic heterocycles. The Morgan fingerprint density at radius 1 is 1.24 bits per heavy atom. The molecule has 0 spiro atoms. The second-order valence-corrected chi connectivity index (χ2v) is 6.79. The summed E-state index contributed by atoms with van der Waals surface area (Å²) in [6, 6.07) is 14.5. The van der Waals surface area contributed by atoms with Crippen LogP contribution in [0.4, 0.5) is 11.4 Å². The van der Waals surface area contributed by atoms with Crippen LogP contribution in [0.15, 0.2) is 54.3 Å². The molecule has 1 aromatic heterocycles. The molecule has 0 bridgehead atoms. The zero-order chi connectivity index (χ0) is 20.8. The van der Waals surface area contributed by atoms with E-state index in [9.17, 15) is 5.11 Å². The minimum absolute atomic E-state index is 0.0446. The molecule has 148 valence electrons. The van der Waals surface area contributed by atoms with E-state index in [0.29, 0.717) is 26.5 Å². The van der Waals surface area contributed by atoms with E-state index >= 15 is 0 Å². The number of anilines is 2. The standard InChI is InChI=1S/C19H18N6O2S2/c20-7-6-15(26)8-12-4-5-16(10-17(12)21)27-11-22-13-2-1-3-14(9-13)25-18(28)23-24-19(25)29/h1-6,9-10,22,26H,8,11,21H2,(H,23,28)(H,24,29)/b15-6-. The summed E-state index contributed by atoms with van der Waals surface area (Å²) >= 11 is 10.5. The van der Waals surface area contributed by atoms with Crippen molar-refractivity contribution in [3.63, 3.8) is 0 Å². The molecule has 0 unspecified atom stereocenters. The molecule has 3 rings (SSSR count). The predicted octanol–water partition coefficient (Wildman–Crippen LogP) is 4.13. The lowest BCUT2D eigenvalue weighted by Crippen LogP contribution is -2.09. The van der Waals surface area contributed by atoms with Gasteiger partial charge >= 0.3 is 0 Å². The SMILES string of the molecule is N#C/C=C(\O)Cc1ccc(OCNc2cccc(-n3c(=S)[nH][nH]c3=S)c2)cc1N. The van der Waals surface area contributed by atoms with E-state index in [1.165, 1.54) is 0 Å². The van der Waals surface area contributed by atoms with E-state index in [4.69, 9.17) is 40.2 Å². The summed E-state index contributed by atoms with van der Waals surface area (Å²) in [6.45, 7) is 0.215. The summed E-state index contributed by atoms with van der Waals surface area (Å²) in [4.78, 5) is 0. The van der Waals surface area contributed by atoms with Crippen LogP contribution in [0.1, 0.15) is 5.56 Å². The van der Waals surface area contributed by atoms with Crippen LogP contribution in [-0.2, 0) is 6.42 Å². The second kappa shape index (κ2) is 9.09. The third kappa shape index (κ3) is 5.04. The molecule has 0 aliphatic carbocycles. The van der Waals surface area contributed by atoms with Crippen LogP contribution in [0.3, 0.4) is 0 Å². The Labute approximate surface area is 176 Å². The van der Waals surface area contributed by atoms with Crippen molar-refractivity contribution < 1.29 is 9.84 Å². The number of allylic oxidation sites excluding steroid dienone is 2. The van der Waals surface area contributed by atoms with Crippen molar-refractivity contribution in [3.05, 3.63) is 69.4 Å². The number of nitriles is 1. The summed E-state index contributed by atoms with van der Waals surface area (Å²) in [6.07, 6.45) is 1.27. The number of nitrogens with zero attached hydrogens (tertiary/aromatic N) is 2. The number of rotatable bonds is 7. The molecule has 0 saturated carbocycles. The Kier molecular flexibility index (Phi) is 6.33. The maximum atomic E-state index is 9.61. The summed E-state index contributed by atoms with van der Waals surface area (Å²) in [5.74, 6) is 0.533. The van der Waals surface area contributed by atoms with Crippen molar-refractivity contribution in [2.45, 2.75) is 6.42 Å². The van der Waals surface area contributed by atoms with Crippen molar-refractivity contribution >= 4 is 35.8 Å². The van der Waals surface area contributed by atoms with Gasteiger partial charge in [-0.05, 0) is 54.3 Å². The molecule has 6 N–H and O–H groups in total. The summed E-state index contributed by atoms with van der Waals surface area (Å²) in [5.41, 5.74) is 8.83. The number of aliphatic hydroxyl groups excluding tert-OH is 1. The molecule has 10 heteroatoms. The number of aliphatic hydroxyl groups is 1. The lowest BCUT2D eigenvalue weighted by Gasteiger charge is -2.12. The van der Waals surface area contributed by atoms with Gasteiger partial charge in [0.25, 0.3) is 0 Å².